The van der Waals surface area contributed by atoms with Crippen molar-refractivity contribution in [1.29, 1.82) is 0 Å². The molecule has 0 unspecified atom stereocenters. The topological polar surface area (TPSA) is 77.8 Å². The Kier molecular flexibility index (Phi) is 4.83. The summed E-state index contributed by atoms with van der Waals surface area (Å²) in [5.74, 6) is -0.0412. The molecule has 1 heterocycles. The van der Waals surface area contributed by atoms with E-state index < -0.39 is 11.3 Å². The predicted molar refractivity (Wildman–Crippen MR) is 81.8 cm³/mol. The summed E-state index contributed by atoms with van der Waals surface area (Å²) in [6.07, 6.45) is 1.13. The van der Waals surface area contributed by atoms with Gasteiger partial charge >= 0.3 is 0 Å². The van der Waals surface area contributed by atoms with Crippen LogP contribution in [0.15, 0.2) is 39.7 Å². The second-order valence-electron chi connectivity index (χ2n) is 4.56. The maximum Gasteiger partial charge on any atom is 0.291 e. The molecule has 0 spiro atoms. The second-order valence-corrected chi connectivity index (χ2v) is 4.56. The van der Waals surface area contributed by atoms with E-state index >= 15 is 0 Å². The van der Waals surface area contributed by atoms with Crippen molar-refractivity contribution in [1.82, 2.24) is 0 Å². The minimum Gasteiger partial charge on any atom is -0.495 e. The van der Waals surface area contributed by atoms with Crippen LogP contribution in [-0.4, -0.2) is 19.6 Å². The lowest BCUT2D eigenvalue weighted by molar-refractivity contribution is 0.0993. The summed E-state index contributed by atoms with van der Waals surface area (Å²) in [5.41, 5.74) is 1.06. The van der Waals surface area contributed by atoms with Gasteiger partial charge in [-0.15, -0.1) is 0 Å². The standard InChI is InChI=1S/C16H17NO5/c1-4-21-15-9-22-14(8-12(15)18)16(19)17-11-7-10(2)5-6-13(11)20-3/h5-9H,4H2,1-3H3,(H,17,19). The van der Waals surface area contributed by atoms with Crippen LogP contribution < -0.4 is 20.2 Å². The molecule has 0 aliphatic heterocycles. The van der Waals surface area contributed by atoms with Crippen molar-refractivity contribution in [3.63, 3.8) is 0 Å². The molecular formula is C16H17NO5. The van der Waals surface area contributed by atoms with Gasteiger partial charge in [-0.2, -0.15) is 0 Å². The molecule has 0 fully saturated rings. The number of aryl methyl sites for hydroxylation is 1. The quantitative estimate of drug-likeness (QED) is 0.918. The SMILES string of the molecule is CCOc1coc(C(=O)Nc2cc(C)ccc2OC)cc1=O. The van der Waals surface area contributed by atoms with Crippen LogP contribution in [0.4, 0.5) is 5.69 Å². The molecule has 0 saturated heterocycles. The van der Waals surface area contributed by atoms with Crippen molar-refractivity contribution in [3.8, 4) is 11.5 Å². The molecule has 0 aliphatic rings. The fourth-order valence-corrected chi connectivity index (χ4v) is 1.88. The van der Waals surface area contributed by atoms with E-state index in [0.717, 1.165) is 17.9 Å². The van der Waals surface area contributed by atoms with Crippen LogP contribution in [0.3, 0.4) is 0 Å². The highest BCUT2D eigenvalue weighted by molar-refractivity contribution is 6.03. The van der Waals surface area contributed by atoms with Gasteiger partial charge in [0.2, 0.25) is 11.2 Å². The first-order valence-electron chi connectivity index (χ1n) is 6.76. The molecule has 0 aliphatic carbocycles. The molecule has 116 valence electrons. The average Bonchev–Trinajstić information content (AvgIpc) is 2.49. The molecule has 6 nitrogen and oxygen atoms in total. The Balaban J connectivity index is 2.24. The summed E-state index contributed by atoms with van der Waals surface area (Å²) < 4.78 is 15.4. The monoisotopic (exact) mass is 303 g/mol. The maximum absolute atomic E-state index is 12.2. The number of carbonyl (C=O) groups is 1. The van der Waals surface area contributed by atoms with Crippen LogP contribution >= 0.6 is 0 Å². The molecule has 0 atom stereocenters. The minimum absolute atomic E-state index is 0.0761. The van der Waals surface area contributed by atoms with Gasteiger partial charge in [-0.05, 0) is 31.5 Å². The van der Waals surface area contributed by atoms with E-state index in [4.69, 9.17) is 13.9 Å². The van der Waals surface area contributed by atoms with E-state index in [-0.39, 0.29) is 11.5 Å². The molecule has 1 aromatic heterocycles. The molecule has 22 heavy (non-hydrogen) atoms. The third kappa shape index (κ3) is 3.46. The number of rotatable bonds is 5. The van der Waals surface area contributed by atoms with E-state index in [9.17, 15) is 9.59 Å². The average molecular weight is 303 g/mol. The van der Waals surface area contributed by atoms with E-state index in [0.29, 0.717) is 18.0 Å². The van der Waals surface area contributed by atoms with Gasteiger partial charge in [-0.3, -0.25) is 9.59 Å². The van der Waals surface area contributed by atoms with Crippen molar-refractivity contribution in [2.75, 3.05) is 19.0 Å². The van der Waals surface area contributed by atoms with Crippen LogP contribution in [0.5, 0.6) is 11.5 Å². The smallest absolute Gasteiger partial charge is 0.291 e. The molecule has 6 heteroatoms. The number of methoxy groups -OCH3 is 1. The highest BCUT2D eigenvalue weighted by Gasteiger charge is 2.14. The second kappa shape index (κ2) is 6.80. The van der Waals surface area contributed by atoms with E-state index in [1.807, 2.05) is 13.0 Å². The zero-order valence-corrected chi connectivity index (χ0v) is 12.6. The normalized spacial score (nSPS) is 10.1. The molecular weight excluding hydrogens is 286 g/mol. The zero-order valence-electron chi connectivity index (χ0n) is 12.6. The number of nitrogens with one attached hydrogen (secondary N) is 1. The number of hydrogen-bond donors (Lipinski definition) is 1. The maximum atomic E-state index is 12.2. The Morgan fingerprint density at radius 1 is 1.27 bits per heavy atom. The van der Waals surface area contributed by atoms with Crippen LogP contribution in [-0.2, 0) is 0 Å². The number of hydrogen-bond acceptors (Lipinski definition) is 5. The van der Waals surface area contributed by atoms with Crippen LogP contribution in [0.1, 0.15) is 23.0 Å². The number of ether oxygens (including phenoxy) is 2. The minimum atomic E-state index is -0.538. The molecule has 2 rings (SSSR count). The molecule has 0 radical (unpaired) electrons. The molecule has 2 aromatic rings. The molecule has 1 aromatic carbocycles. The van der Waals surface area contributed by atoms with Crippen LogP contribution in [0.2, 0.25) is 0 Å². The third-order valence-electron chi connectivity index (χ3n) is 2.92. The van der Waals surface area contributed by atoms with Crippen molar-refractivity contribution < 1.29 is 18.7 Å². The molecule has 1 N–H and O–H groups in total. The summed E-state index contributed by atoms with van der Waals surface area (Å²) >= 11 is 0. The van der Waals surface area contributed by atoms with Crippen molar-refractivity contribution in [3.05, 3.63) is 52.1 Å². The lowest BCUT2D eigenvalue weighted by Gasteiger charge is -2.10. The van der Waals surface area contributed by atoms with E-state index in [1.54, 1.807) is 19.1 Å². The number of amides is 1. The van der Waals surface area contributed by atoms with Gasteiger partial charge in [0.05, 0.1) is 19.4 Å². The summed E-state index contributed by atoms with van der Waals surface area (Å²) in [6.45, 7) is 3.99. The number of benzene rings is 1. The summed E-state index contributed by atoms with van der Waals surface area (Å²) in [6, 6.07) is 6.48. The van der Waals surface area contributed by atoms with Crippen molar-refractivity contribution in [2.45, 2.75) is 13.8 Å². The number of anilines is 1. The van der Waals surface area contributed by atoms with Gasteiger partial charge in [0.15, 0.2) is 5.76 Å². The largest absolute Gasteiger partial charge is 0.495 e. The predicted octanol–water partition coefficient (Wildman–Crippen LogP) is 2.61. The summed E-state index contributed by atoms with van der Waals surface area (Å²) in [4.78, 5) is 23.9. The Hall–Kier alpha value is -2.76. The first-order chi connectivity index (χ1) is 10.5. The van der Waals surface area contributed by atoms with E-state index in [1.165, 1.54) is 7.11 Å². The van der Waals surface area contributed by atoms with Crippen molar-refractivity contribution >= 4 is 11.6 Å². The van der Waals surface area contributed by atoms with Crippen molar-refractivity contribution in [2.24, 2.45) is 0 Å². The van der Waals surface area contributed by atoms with Gasteiger partial charge < -0.3 is 19.2 Å². The molecule has 0 saturated carbocycles. The lowest BCUT2D eigenvalue weighted by Crippen LogP contribution is -2.16. The third-order valence-corrected chi connectivity index (χ3v) is 2.92. The summed E-state index contributed by atoms with van der Waals surface area (Å²) in [7, 11) is 1.51. The van der Waals surface area contributed by atoms with Gasteiger partial charge in [0.25, 0.3) is 5.91 Å². The Bertz CT molecular complexity index is 736. The number of carbonyl (C=O) groups excluding carboxylic acids is 1. The first-order valence-corrected chi connectivity index (χ1v) is 6.76. The highest BCUT2D eigenvalue weighted by atomic mass is 16.5. The zero-order chi connectivity index (χ0) is 16.1. The van der Waals surface area contributed by atoms with Gasteiger partial charge in [-0.25, -0.2) is 0 Å². The first kappa shape index (κ1) is 15.6. The summed E-state index contributed by atoms with van der Waals surface area (Å²) in [5, 5.41) is 2.66. The fraction of sp³-hybridized carbons (Fsp3) is 0.250. The van der Waals surface area contributed by atoms with Crippen LogP contribution in [0.25, 0.3) is 0 Å². The van der Waals surface area contributed by atoms with E-state index in [2.05, 4.69) is 5.32 Å². The Morgan fingerprint density at radius 3 is 2.68 bits per heavy atom. The van der Waals surface area contributed by atoms with Gasteiger partial charge in [0, 0.05) is 6.07 Å². The lowest BCUT2D eigenvalue weighted by atomic mass is 10.2. The fourth-order valence-electron chi connectivity index (χ4n) is 1.88. The highest BCUT2D eigenvalue weighted by Crippen LogP contribution is 2.25. The van der Waals surface area contributed by atoms with Gasteiger partial charge in [0.1, 0.15) is 12.0 Å². The molecule has 0 bridgehead atoms. The Labute approximate surface area is 127 Å². The Morgan fingerprint density at radius 2 is 2.05 bits per heavy atom. The van der Waals surface area contributed by atoms with Gasteiger partial charge in [-0.1, -0.05) is 6.07 Å². The molecule has 1 amide bonds. The van der Waals surface area contributed by atoms with Crippen LogP contribution in [0, 0.1) is 6.92 Å².